The topological polar surface area (TPSA) is 77.0 Å². The van der Waals surface area contributed by atoms with Crippen LogP contribution in [0.5, 0.6) is 17.2 Å². The second-order valence-electron chi connectivity index (χ2n) is 6.96. The zero-order chi connectivity index (χ0) is 22.1. The fraction of sp³-hybridized carbons (Fsp3) is 0.240. The number of nitrogens with one attached hydrogen (secondary N) is 1. The molecule has 1 atom stereocenters. The van der Waals surface area contributed by atoms with E-state index in [0.717, 1.165) is 12.2 Å². The van der Waals surface area contributed by atoms with Gasteiger partial charge in [0.25, 0.3) is 5.91 Å². The molecule has 6 heteroatoms. The lowest BCUT2D eigenvalue weighted by Crippen LogP contribution is -2.25. The molecular formula is C25H27NO5. The van der Waals surface area contributed by atoms with E-state index in [1.807, 2.05) is 30.3 Å². The molecule has 3 aromatic rings. The number of ether oxygens (including phenoxy) is 3. The van der Waals surface area contributed by atoms with E-state index in [-0.39, 0.29) is 19.1 Å². The molecule has 3 rings (SSSR count). The van der Waals surface area contributed by atoms with Gasteiger partial charge in [0.2, 0.25) is 0 Å². The van der Waals surface area contributed by atoms with Crippen LogP contribution in [0, 0.1) is 0 Å². The number of amides is 1. The number of carbonyl (C=O) groups is 1. The van der Waals surface area contributed by atoms with Crippen LogP contribution in [0.15, 0.2) is 72.8 Å². The monoisotopic (exact) mass is 421 g/mol. The highest BCUT2D eigenvalue weighted by Crippen LogP contribution is 2.21. The second-order valence-corrected chi connectivity index (χ2v) is 6.96. The van der Waals surface area contributed by atoms with E-state index in [0.29, 0.717) is 22.7 Å². The Balaban J connectivity index is 1.47. The number of aryl methyl sites for hydroxylation is 1. The van der Waals surface area contributed by atoms with Gasteiger partial charge >= 0.3 is 0 Å². The molecule has 1 unspecified atom stereocenters. The van der Waals surface area contributed by atoms with E-state index in [2.05, 4.69) is 12.2 Å². The SMILES string of the molecule is CCc1cccc(OCC(O)COc2ccc(NC(=O)c3ccccc3OC)cc2)c1. The van der Waals surface area contributed by atoms with Crippen LogP contribution in [0.1, 0.15) is 22.8 Å². The molecule has 0 aromatic heterocycles. The molecule has 0 heterocycles. The van der Waals surface area contributed by atoms with Crippen molar-refractivity contribution >= 4 is 11.6 Å². The Hall–Kier alpha value is -3.51. The molecular weight excluding hydrogens is 394 g/mol. The second kappa shape index (κ2) is 11.0. The highest BCUT2D eigenvalue weighted by atomic mass is 16.5. The van der Waals surface area contributed by atoms with Crippen molar-refractivity contribution in [2.24, 2.45) is 0 Å². The predicted molar refractivity (Wildman–Crippen MR) is 120 cm³/mol. The van der Waals surface area contributed by atoms with Crippen molar-refractivity contribution in [3.05, 3.63) is 83.9 Å². The Morgan fingerprint density at radius 2 is 1.65 bits per heavy atom. The normalized spacial score (nSPS) is 11.5. The lowest BCUT2D eigenvalue weighted by Gasteiger charge is -2.14. The minimum absolute atomic E-state index is 0.0976. The van der Waals surface area contributed by atoms with Gasteiger partial charge in [0, 0.05) is 5.69 Å². The van der Waals surface area contributed by atoms with Crippen LogP contribution in [0.25, 0.3) is 0 Å². The molecule has 0 saturated heterocycles. The Labute approximate surface area is 182 Å². The smallest absolute Gasteiger partial charge is 0.259 e. The fourth-order valence-corrected chi connectivity index (χ4v) is 2.95. The summed E-state index contributed by atoms with van der Waals surface area (Å²) >= 11 is 0. The van der Waals surface area contributed by atoms with E-state index in [1.165, 1.54) is 12.7 Å². The van der Waals surface area contributed by atoms with Crippen molar-refractivity contribution in [1.29, 1.82) is 0 Å². The summed E-state index contributed by atoms with van der Waals surface area (Å²) in [7, 11) is 1.53. The maximum atomic E-state index is 12.5. The minimum Gasteiger partial charge on any atom is -0.496 e. The first kappa shape index (κ1) is 22.2. The van der Waals surface area contributed by atoms with Gasteiger partial charge < -0.3 is 24.6 Å². The first-order valence-corrected chi connectivity index (χ1v) is 10.2. The lowest BCUT2D eigenvalue weighted by atomic mass is 10.2. The third-order valence-electron chi connectivity index (χ3n) is 4.66. The van der Waals surface area contributed by atoms with Gasteiger partial charge in [0.1, 0.15) is 36.6 Å². The maximum Gasteiger partial charge on any atom is 0.259 e. The van der Waals surface area contributed by atoms with Crippen molar-refractivity contribution in [1.82, 2.24) is 0 Å². The zero-order valence-corrected chi connectivity index (χ0v) is 17.7. The summed E-state index contributed by atoms with van der Waals surface area (Å²) < 4.78 is 16.5. The molecule has 0 spiro atoms. The number of benzene rings is 3. The minimum atomic E-state index is -0.768. The van der Waals surface area contributed by atoms with Gasteiger partial charge in [-0.1, -0.05) is 31.2 Å². The van der Waals surface area contributed by atoms with Crippen LogP contribution in [0.2, 0.25) is 0 Å². The van der Waals surface area contributed by atoms with Crippen LogP contribution in [-0.4, -0.2) is 37.4 Å². The third kappa shape index (κ3) is 6.49. The number of para-hydroxylation sites is 1. The molecule has 31 heavy (non-hydrogen) atoms. The fourth-order valence-electron chi connectivity index (χ4n) is 2.95. The molecule has 0 aliphatic carbocycles. The summed E-state index contributed by atoms with van der Waals surface area (Å²) in [6.45, 7) is 2.32. The van der Waals surface area contributed by atoms with Crippen molar-refractivity contribution in [2.75, 3.05) is 25.6 Å². The number of hydrogen-bond donors (Lipinski definition) is 2. The number of hydrogen-bond acceptors (Lipinski definition) is 5. The first-order chi connectivity index (χ1) is 15.1. The molecule has 3 aromatic carbocycles. The number of methoxy groups -OCH3 is 1. The highest BCUT2D eigenvalue weighted by Gasteiger charge is 2.12. The number of aliphatic hydroxyl groups excluding tert-OH is 1. The Morgan fingerprint density at radius 1 is 0.935 bits per heavy atom. The number of anilines is 1. The lowest BCUT2D eigenvalue weighted by molar-refractivity contribution is 0.0626. The molecule has 0 aliphatic rings. The van der Waals surface area contributed by atoms with E-state index in [9.17, 15) is 9.90 Å². The van der Waals surface area contributed by atoms with E-state index < -0.39 is 6.10 Å². The maximum absolute atomic E-state index is 12.5. The number of rotatable bonds is 10. The van der Waals surface area contributed by atoms with Crippen LogP contribution >= 0.6 is 0 Å². The van der Waals surface area contributed by atoms with E-state index in [1.54, 1.807) is 42.5 Å². The van der Waals surface area contributed by atoms with Gasteiger partial charge in [-0.2, -0.15) is 0 Å². The summed E-state index contributed by atoms with van der Waals surface area (Å²) in [5.41, 5.74) is 2.27. The van der Waals surface area contributed by atoms with Gasteiger partial charge in [-0.3, -0.25) is 4.79 Å². The largest absolute Gasteiger partial charge is 0.496 e. The standard InChI is InChI=1S/C25H27NO5/c1-3-18-7-6-8-22(15-18)31-17-20(27)16-30-21-13-11-19(12-14-21)26-25(28)23-9-4-5-10-24(23)29-2/h4-15,20,27H,3,16-17H2,1-2H3,(H,26,28). The van der Waals surface area contributed by atoms with E-state index >= 15 is 0 Å². The number of carbonyl (C=O) groups excluding carboxylic acids is 1. The average Bonchev–Trinajstić information content (AvgIpc) is 2.82. The quantitative estimate of drug-likeness (QED) is 0.510. The molecule has 2 N–H and O–H groups in total. The summed E-state index contributed by atoms with van der Waals surface area (Å²) in [6, 6.07) is 21.8. The van der Waals surface area contributed by atoms with Crippen molar-refractivity contribution in [3.8, 4) is 17.2 Å². The molecule has 0 aliphatic heterocycles. The van der Waals surface area contributed by atoms with Crippen LogP contribution < -0.4 is 19.5 Å². The zero-order valence-electron chi connectivity index (χ0n) is 17.7. The van der Waals surface area contributed by atoms with Gasteiger partial charge in [0.05, 0.1) is 12.7 Å². The molecule has 162 valence electrons. The van der Waals surface area contributed by atoms with Crippen LogP contribution in [0.3, 0.4) is 0 Å². The van der Waals surface area contributed by atoms with Gasteiger partial charge in [-0.05, 0) is 60.5 Å². The third-order valence-corrected chi connectivity index (χ3v) is 4.66. The Bertz CT molecular complexity index is 987. The molecule has 1 amide bonds. The van der Waals surface area contributed by atoms with Gasteiger partial charge in [0.15, 0.2) is 0 Å². The van der Waals surface area contributed by atoms with Crippen LogP contribution in [0.4, 0.5) is 5.69 Å². The van der Waals surface area contributed by atoms with Gasteiger partial charge in [-0.15, -0.1) is 0 Å². The van der Waals surface area contributed by atoms with Gasteiger partial charge in [-0.25, -0.2) is 0 Å². The van der Waals surface area contributed by atoms with Crippen molar-refractivity contribution in [3.63, 3.8) is 0 Å². The van der Waals surface area contributed by atoms with E-state index in [4.69, 9.17) is 14.2 Å². The summed E-state index contributed by atoms with van der Waals surface area (Å²) in [4.78, 5) is 12.5. The number of aliphatic hydroxyl groups is 1. The average molecular weight is 421 g/mol. The summed E-state index contributed by atoms with van der Waals surface area (Å²) in [5, 5.41) is 13.0. The highest BCUT2D eigenvalue weighted by molar-refractivity contribution is 6.06. The summed E-state index contributed by atoms with van der Waals surface area (Å²) in [6.07, 6.45) is 0.160. The molecule has 0 saturated carbocycles. The van der Waals surface area contributed by atoms with Crippen molar-refractivity contribution in [2.45, 2.75) is 19.4 Å². The molecule has 0 fully saturated rings. The molecule has 0 radical (unpaired) electrons. The predicted octanol–water partition coefficient (Wildman–Crippen LogP) is 4.33. The molecule has 6 nitrogen and oxygen atoms in total. The summed E-state index contributed by atoms with van der Waals surface area (Å²) in [5.74, 6) is 1.57. The first-order valence-electron chi connectivity index (χ1n) is 10.2. The Morgan fingerprint density at radius 3 is 2.35 bits per heavy atom. The van der Waals surface area contributed by atoms with Crippen LogP contribution in [-0.2, 0) is 6.42 Å². The molecule has 0 bridgehead atoms. The Kier molecular flexibility index (Phi) is 7.90. The van der Waals surface area contributed by atoms with Crippen molar-refractivity contribution < 1.29 is 24.1 Å².